The summed E-state index contributed by atoms with van der Waals surface area (Å²) in [6.07, 6.45) is 1.78. The number of imide groups is 1. The number of esters is 1. The minimum Gasteiger partial charge on any atom is -0.425 e. The van der Waals surface area contributed by atoms with Crippen molar-refractivity contribution < 1.29 is 19.1 Å². The van der Waals surface area contributed by atoms with E-state index in [2.05, 4.69) is 21.2 Å². The monoisotopic (exact) mass is 431 g/mol. The van der Waals surface area contributed by atoms with Crippen molar-refractivity contribution in [2.45, 2.75) is 13.3 Å². The second kappa shape index (κ2) is 7.88. The maximum absolute atomic E-state index is 12.1. The van der Waals surface area contributed by atoms with Gasteiger partial charge in [-0.05, 0) is 64.0 Å². The molecule has 0 aliphatic carbocycles. The first-order valence-corrected chi connectivity index (χ1v) is 9.32. The number of hydrogen-bond donors (Lipinski definition) is 1. The molecule has 0 aromatic heterocycles. The highest BCUT2D eigenvalue weighted by Crippen LogP contribution is 2.30. The Labute approximate surface area is 162 Å². The summed E-state index contributed by atoms with van der Waals surface area (Å²) < 4.78 is 5.98. The van der Waals surface area contributed by atoms with E-state index in [0.717, 1.165) is 22.9 Å². The SMILES string of the molecule is Cc1ccc(CC(=O)Oc2ccc(C=C3SC(=O)NC3=O)cc2Br)cc1. The van der Waals surface area contributed by atoms with Gasteiger partial charge >= 0.3 is 5.97 Å². The van der Waals surface area contributed by atoms with E-state index in [-0.39, 0.29) is 17.6 Å². The van der Waals surface area contributed by atoms with Crippen LogP contribution < -0.4 is 10.1 Å². The van der Waals surface area contributed by atoms with Gasteiger partial charge in [-0.25, -0.2) is 0 Å². The molecule has 1 saturated heterocycles. The molecule has 1 aliphatic heterocycles. The van der Waals surface area contributed by atoms with Crippen LogP contribution in [0.1, 0.15) is 16.7 Å². The van der Waals surface area contributed by atoms with Crippen LogP contribution >= 0.6 is 27.7 Å². The first-order chi connectivity index (χ1) is 12.4. The molecule has 2 amide bonds. The van der Waals surface area contributed by atoms with E-state index in [9.17, 15) is 14.4 Å². The van der Waals surface area contributed by atoms with Crippen molar-refractivity contribution in [3.8, 4) is 5.75 Å². The molecule has 3 rings (SSSR count). The number of halogens is 1. The van der Waals surface area contributed by atoms with Gasteiger partial charge in [-0.15, -0.1) is 0 Å². The van der Waals surface area contributed by atoms with Gasteiger partial charge in [0.15, 0.2) is 0 Å². The highest BCUT2D eigenvalue weighted by Gasteiger charge is 2.25. The third-order valence-corrected chi connectivity index (χ3v) is 5.02. The lowest BCUT2D eigenvalue weighted by atomic mass is 10.1. The minimum atomic E-state index is -0.412. The summed E-state index contributed by atoms with van der Waals surface area (Å²) >= 11 is 4.22. The number of benzene rings is 2. The van der Waals surface area contributed by atoms with Crippen molar-refractivity contribution in [1.82, 2.24) is 5.32 Å². The average molecular weight is 432 g/mol. The molecule has 0 bridgehead atoms. The summed E-state index contributed by atoms with van der Waals surface area (Å²) in [6.45, 7) is 1.99. The maximum atomic E-state index is 12.1. The lowest BCUT2D eigenvalue weighted by Gasteiger charge is -2.08. The van der Waals surface area contributed by atoms with Gasteiger partial charge in [0.25, 0.3) is 11.1 Å². The van der Waals surface area contributed by atoms with Crippen LogP contribution in [0.2, 0.25) is 0 Å². The first-order valence-electron chi connectivity index (χ1n) is 7.71. The minimum absolute atomic E-state index is 0.178. The molecule has 5 nitrogen and oxygen atoms in total. The summed E-state index contributed by atoms with van der Waals surface area (Å²) in [7, 11) is 0. The van der Waals surface area contributed by atoms with E-state index >= 15 is 0 Å². The van der Waals surface area contributed by atoms with E-state index in [1.807, 2.05) is 31.2 Å². The average Bonchev–Trinajstić information content (AvgIpc) is 2.89. The Morgan fingerprint density at radius 2 is 1.92 bits per heavy atom. The Hall–Kier alpha value is -2.38. The second-order valence-electron chi connectivity index (χ2n) is 5.68. The maximum Gasteiger partial charge on any atom is 0.315 e. The zero-order valence-electron chi connectivity index (χ0n) is 13.7. The van der Waals surface area contributed by atoms with E-state index in [4.69, 9.17) is 4.74 Å². The third-order valence-electron chi connectivity index (χ3n) is 3.59. The molecule has 2 aromatic carbocycles. The topological polar surface area (TPSA) is 72.5 Å². The number of hydrogen-bond acceptors (Lipinski definition) is 5. The highest BCUT2D eigenvalue weighted by molar-refractivity contribution is 9.10. The van der Waals surface area contributed by atoms with Crippen molar-refractivity contribution in [3.05, 3.63) is 68.5 Å². The van der Waals surface area contributed by atoms with Gasteiger partial charge in [-0.3, -0.25) is 19.7 Å². The Balaban J connectivity index is 1.68. The van der Waals surface area contributed by atoms with Crippen LogP contribution in [0.5, 0.6) is 5.75 Å². The van der Waals surface area contributed by atoms with Gasteiger partial charge in [0.2, 0.25) is 0 Å². The smallest absolute Gasteiger partial charge is 0.315 e. The third kappa shape index (κ3) is 4.62. The van der Waals surface area contributed by atoms with Crippen molar-refractivity contribution in [1.29, 1.82) is 0 Å². The van der Waals surface area contributed by atoms with Gasteiger partial charge in [-0.2, -0.15) is 0 Å². The number of nitrogens with one attached hydrogen (secondary N) is 1. The summed E-state index contributed by atoms with van der Waals surface area (Å²) in [4.78, 5) is 35.2. The van der Waals surface area contributed by atoms with Crippen LogP contribution in [-0.4, -0.2) is 17.1 Å². The zero-order chi connectivity index (χ0) is 18.7. The number of amides is 2. The fourth-order valence-corrected chi connectivity index (χ4v) is 3.45. The summed E-state index contributed by atoms with van der Waals surface area (Å²) in [5, 5.41) is 1.81. The number of ether oxygens (including phenoxy) is 1. The van der Waals surface area contributed by atoms with Crippen LogP contribution in [0.15, 0.2) is 51.8 Å². The van der Waals surface area contributed by atoms with E-state index in [0.29, 0.717) is 20.7 Å². The lowest BCUT2D eigenvalue weighted by Crippen LogP contribution is -2.17. The Morgan fingerprint density at radius 3 is 2.54 bits per heavy atom. The van der Waals surface area contributed by atoms with Crippen molar-refractivity contribution in [2.75, 3.05) is 0 Å². The zero-order valence-corrected chi connectivity index (χ0v) is 16.1. The normalized spacial score (nSPS) is 15.2. The second-order valence-corrected chi connectivity index (χ2v) is 7.55. The van der Waals surface area contributed by atoms with Crippen LogP contribution in [0, 0.1) is 6.92 Å². The lowest BCUT2D eigenvalue weighted by molar-refractivity contribution is -0.133. The summed E-state index contributed by atoms with van der Waals surface area (Å²) in [6, 6.07) is 12.8. The van der Waals surface area contributed by atoms with Crippen molar-refractivity contribution >= 4 is 50.9 Å². The highest BCUT2D eigenvalue weighted by atomic mass is 79.9. The molecular formula is C19H14BrNO4S. The van der Waals surface area contributed by atoms with Crippen LogP contribution in [0.4, 0.5) is 4.79 Å². The Morgan fingerprint density at radius 1 is 1.19 bits per heavy atom. The van der Waals surface area contributed by atoms with Crippen LogP contribution in [0.3, 0.4) is 0 Å². The van der Waals surface area contributed by atoms with Gasteiger partial charge in [0.05, 0.1) is 15.8 Å². The van der Waals surface area contributed by atoms with E-state index in [1.165, 1.54) is 0 Å². The van der Waals surface area contributed by atoms with Gasteiger partial charge < -0.3 is 4.74 Å². The van der Waals surface area contributed by atoms with Crippen LogP contribution in [-0.2, 0) is 16.0 Å². The van der Waals surface area contributed by atoms with Crippen molar-refractivity contribution in [2.24, 2.45) is 0 Å². The fraction of sp³-hybridized carbons (Fsp3) is 0.105. The molecule has 0 spiro atoms. The number of carbonyl (C=O) groups excluding carboxylic acids is 3. The van der Waals surface area contributed by atoms with Crippen molar-refractivity contribution in [3.63, 3.8) is 0 Å². The Kier molecular flexibility index (Phi) is 5.58. The molecule has 0 unspecified atom stereocenters. The molecule has 2 aromatic rings. The van der Waals surface area contributed by atoms with Gasteiger partial charge in [0.1, 0.15) is 5.75 Å². The van der Waals surface area contributed by atoms with Gasteiger partial charge in [-0.1, -0.05) is 35.9 Å². The molecular weight excluding hydrogens is 418 g/mol. The first kappa shape index (κ1) is 18.4. The number of carbonyl (C=O) groups is 3. The van der Waals surface area contributed by atoms with Gasteiger partial charge in [0, 0.05) is 0 Å². The molecule has 1 fully saturated rings. The molecule has 0 atom stereocenters. The molecule has 7 heteroatoms. The molecule has 26 heavy (non-hydrogen) atoms. The number of thioether (sulfide) groups is 1. The van der Waals surface area contributed by atoms with E-state index < -0.39 is 5.91 Å². The predicted octanol–water partition coefficient (Wildman–Crippen LogP) is 4.23. The number of aryl methyl sites for hydroxylation is 1. The number of rotatable bonds is 4. The summed E-state index contributed by atoms with van der Waals surface area (Å²) in [5.41, 5.74) is 2.72. The summed E-state index contributed by atoms with van der Waals surface area (Å²) in [5.74, 6) is -0.384. The van der Waals surface area contributed by atoms with E-state index in [1.54, 1.807) is 24.3 Å². The Bertz CT molecular complexity index is 922. The van der Waals surface area contributed by atoms with Crippen LogP contribution in [0.25, 0.3) is 6.08 Å². The quantitative estimate of drug-likeness (QED) is 0.445. The molecule has 1 heterocycles. The molecule has 132 valence electrons. The molecule has 1 N–H and O–H groups in total. The fourth-order valence-electron chi connectivity index (χ4n) is 2.29. The standard InChI is InChI=1S/C19H14BrNO4S/c1-11-2-4-12(5-3-11)10-17(22)25-15-7-6-13(8-14(15)20)9-16-18(23)21-19(24)26-16/h2-9H,10H2,1H3,(H,21,23,24). The molecule has 1 aliphatic rings. The molecule has 0 saturated carbocycles. The largest absolute Gasteiger partial charge is 0.425 e. The molecule has 0 radical (unpaired) electrons. The predicted molar refractivity (Wildman–Crippen MR) is 104 cm³/mol.